The van der Waals surface area contributed by atoms with Crippen LogP contribution >= 0.6 is 0 Å². The van der Waals surface area contributed by atoms with Gasteiger partial charge in [-0.25, -0.2) is 0 Å². The van der Waals surface area contributed by atoms with Crippen molar-refractivity contribution in [1.29, 1.82) is 0 Å². The topological polar surface area (TPSA) is 68.3 Å². The third-order valence-corrected chi connectivity index (χ3v) is 5.84. The highest BCUT2D eigenvalue weighted by molar-refractivity contribution is 5.95. The number of carbonyl (C=O) groups excluding carboxylic acids is 2. The molecule has 3 aromatic rings. The first-order valence-electron chi connectivity index (χ1n) is 11.2. The van der Waals surface area contributed by atoms with Gasteiger partial charge in [0, 0.05) is 37.8 Å². The van der Waals surface area contributed by atoms with E-state index in [1.54, 1.807) is 42.2 Å². The summed E-state index contributed by atoms with van der Waals surface area (Å²) in [7, 11) is 3.10. The van der Waals surface area contributed by atoms with Crippen LogP contribution in [0.4, 0.5) is 0 Å². The number of benzene rings is 3. The predicted molar refractivity (Wildman–Crippen MR) is 129 cm³/mol. The highest BCUT2D eigenvalue weighted by Gasteiger charge is 2.25. The van der Waals surface area contributed by atoms with Crippen LogP contribution in [0, 0.1) is 0 Å². The summed E-state index contributed by atoms with van der Waals surface area (Å²) >= 11 is 0. The van der Waals surface area contributed by atoms with Crippen molar-refractivity contribution in [3.8, 4) is 28.4 Å². The Kier molecular flexibility index (Phi) is 7.32. The molecule has 0 spiro atoms. The molecule has 0 aliphatic carbocycles. The minimum atomic E-state index is -0.112. The molecule has 4 rings (SSSR count). The first-order chi connectivity index (χ1) is 16.6. The highest BCUT2D eigenvalue weighted by atomic mass is 16.5. The van der Waals surface area contributed by atoms with Crippen molar-refractivity contribution in [1.82, 2.24) is 9.80 Å². The zero-order valence-electron chi connectivity index (χ0n) is 19.4. The average molecular weight is 461 g/mol. The van der Waals surface area contributed by atoms with Crippen molar-refractivity contribution < 1.29 is 23.8 Å². The molecule has 0 saturated carbocycles. The smallest absolute Gasteiger partial charge is 0.260 e. The molecule has 1 saturated heterocycles. The Hall–Kier alpha value is -4.00. The van der Waals surface area contributed by atoms with E-state index in [0.717, 1.165) is 11.1 Å². The van der Waals surface area contributed by atoms with E-state index < -0.39 is 0 Å². The number of ether oxygens (including phenoxy) is 3. The third-order valence-electron chi connectivity index (χ3n) is 5.84. The Labute approximate surface area is 199 Å². The van der Waals surface area contributed by atoms with E-state index in [2.05, 4.69) is 12.1 Å². The van der Waals surface area contributed by atoms with Gasteiger partial charge < -0.3 is 24.0 Å². The van der Waals surface area contributed by atoms with Gasteiger partial charge in [0.05, 0.1) is 14.2 Å². The summed E-state index contributed by atoms with van der Waals surface area (Å²) in [5.41, 5.74) is 2.72. The fraction of sp³-hybridized carbons (Fsp3) is 0.259. The van der Waals surface area contributed by atoms with Gasteiger partial charge in [0.2, 0.25) is 0 Å². The Morgan fingerprint density at radius 2 is 1.26 bits per heavy atom. The van der Waals surface area contributed by atoms with Crippen molar-refractivity contribution in [3.63, 3.8) is 0 Å². The van der Waals surface area contributed by atoms with E-state index in [1.165, 1.54) is 0 Å². The molecule has 7 nitrogen and oxygen atoms in total. The molecule has 1 aliphatic heterocycles. The molecule has 34 heavy (non-hydrogen) atoms. The molecular formula is C27H28N2O5. The van der Waals surface area contributed by atoms with Gasteiger partial charge in [0.1, 0.15) is 17.2 Å². The van der Waals surface area contributed by atoms with Crippen molar-refractivity contribution in [3.05, 3.63) is 78.4 Å². The second kappa shape index (κ2) is 10.7. The van der Waals surface area contributed by atoms with Crippen LogP contribution in [0.2, 0.25) is 0 Å². The minimum Gasteiger partial charge on any atom is -0.497 e. The Morgan fingerprint density at radius 1 is 0.706 bits per heavy atom. The number of hydrogen-bond acceptors (Lipinski definition) is 5. The lowest BCUT2D eigenvalue weighted by molar-refractivity contribution is -0.134. The molecule has 0 atom stereocenters. The van der Waals surface area contributed by atoms with Crippen molar-refractivity contribution in [2.45, 2.75) is 0 Å². The second-order valence-corrected chi connectivity index (χ2v) is 7.95. The first kappa shape index (κ1) is 23.2. The second-order valence-electron chi connectivity index (χ2n) is 7.95. The zero-order chi connectivity index (χ0) is 23.9. The van der Waals surface area contributed by atoms with Gasteiger partial charge in [-0.15, -0.1) is 0 Å². The molecule has 0 aromatic heterocycles. The van der Waals surface area contributed by atoms with Gasteiger partial charge in [0.15, 0.2) is 6.61 Å². The first-order valence-corrected chi connectivity index (χ1v) is 11.2. The molecule has 7 heteroatoms. The molecular weight excluding hydrogens is 432 g/mol. The van der Waals surface area contributed by atoms with Gasteiger partial charge in [-0.1, -0.05) is 42.5 Å². The quantitative estimate of drug-likeness (QED) is 0.537. The summed E-state index contributed by atoms with van der Waals surface area (Å²) in [5.74, 6) is 1.56. The van der Waals surface area contributed by atoms with E-state index >= 15 is 0 Å². The number of hydrogen-bond donors (Lipinski definition) is 0. The molecule has 1 heterocycles. The predicted octanol–water partition coefficient (Wildman–Crippen LogP) is 3.73. The lowest BCUT2D eigenvalue weighted by Gasteiger charge is -2.34. The van der Waals surface area contributed by atoms with Gasteiger partial charge in [-0.3, -0.25) is 9.59 Å². The lowest BCUT2D eigenvalue weighted by atomic mass is 10.1. The number of rotatable bonds is 7. The lowest BCUT2D eigenvalue weighted by Crippen LogP contribution is -2.51. The standard InChI is InChI=1S/C27H28N2O5/c1-32-24-16-22(17-25(18-24)33-2)27(31)29-14-12-28(13-15-29)26(30)19-34-23-10-8-21(9-11-23)20-6-4-3-5-7-20/h3-11,16-18H,12-15,19H2,1-2H3. The summed E-state index contributed by atoms with van der Waals surface area (Å²) < 4.78 is 16.2. The monoisotopic (exact) mass is 460 g/mol. The fourth-order valence-electron chi connectivity index (χ4n) is 3.88. The van der Waals surface area contributed by atoms with Crippen LogP contribution in [-0.4, -0.2) is 68.6 Å². The molecule has 1 aliphatic rings. The Bertz CT molecular complexity index is 1100. The number of piperazine rings is 1. The molecule has 2 amide bonds. The van der Waals surface area contributed by atoms with E-state index in [4.69, 9.17) is 14.2 Å². The largest absolute Gasteiger partial charge is 0.497 e. The molecule has 0 radical (unpaired) electrons. The maximum atomic E-state index is 12.9. The third kappa shape index (κ3) is 5.49. The van der Waals surface area contributed by atoms with Crippen molar-refractivity contribution in [2.24, 2.45) is 0 Å². The van der Waals surface area contributed by atoms with Crippen LogP contribution in [0.5, 0.6) is 17.2 Å². The van der Waals surface area contributed by atoms with E-state index in [1.807, 2.05) is 42.5 Å². The SMILES string of the molecule is COc1cc(OC)cc(C(=O)N2CCN(C(=O)COc3ccc(-c4ccccc4)cc3)CC2)c1. The summed E-state index contributed by atoms with van der Waals surface area (Å²) in [6, 6.07) is 22.9. The van der Waals surface area contributed by atoms with Gasteiger partial charge in [-0.2, -0.15) is 0 Å². The summed E-state index contributed by atoms with van der Waals surface area (Å²) in [4.78, 5) is 29.0. The Morgan fingerprint density at radius 3 is 1.85 bits per heavy atom. The molecule has 0 unspecified atom stereocenters. The molecule has 1 fully saturated rings. The van der Waals surface area contributed by atoms with E-state index in [9.17, 15) is 9.59 Å². The van der Waals surface area contributed by atoms with Crippen LogP contribution < -0.4 is 14.2 Å². The highest BCUT2D eigenvalue weighted by Crippen LogP contribution is 2.24. The number of carbonyl (C=O) groups is 2. The van der Waals surface area contributed by atoms with Crippen LogP contribution in [0.1, 0.15) is 10.4 Å². The number of methoxy groups -OCH3 is 2. The van der Waals surface area contributed by atoms with E-state index in [-0.39, 0.29) is 18.4 Å². The molecule has 176 valence electrons. The summed E-state index contributed by atoms with van der Waals surface area (Å²) in [6.45, 7) is 1.79. The average Bonchev–Trinajstić information content (AvgIpc) is 2.91. The molecule has 3 aromatic carbocycles. The van der Waals surface area contributed by atoms with Gasteiger partial charge in [-0.05, 0) is 35.4 Å². The number of amides is 2. The fourth-order valence-corrected chi connectivity index (χ4v) is 3.88. The van der Waals surface area contributed by atoms with Crippen LogP contribution in [0.3, 0.4) is 0 Å². The van der Waals surface area contributed by atoms with Crippen molar-refractivity contribution in [2.75, 3.05) is 47.0 Å². The number of nitrogens with zero attached hydrogens (tertiary/aromatic N) is 2. The summed E-state index contributed by atoms with van der Waals surface area (Å²) in [5, 5.41) is 0. The zero-order valence-corrected chi connectivity index (χ0v) is 19.4. The van der Waals surface area contributed by atoms with Crippen LogP contribution in [-0.2, 0) is 4.79 Å². The van der Waals surface area contributed by atoms with Crippen molar-refractivity contribution >= 4 is 11.8 Å². The Balaban J connectivity index is 1.28. The van der Waals surface area contributed by atoms with Gasteiger partial charge in [0.25, 0.3) is 11.8 Å². The molecule has 0 N–H and O–H groups in total. The molecule has 0 bridgehead atoms. The van der Waals surface area contributed by atoms with Crippen LogP contribution in [0.15, 0.2) is 72.8 Å². The normalized spacial score (nSPS) is 13.4. The minimum absolute atomic E-state index is 0.0360. The van der Waals surface area contributed by atoms with Crippen LogP contribution in [0.25, 0.3) is 11.1 Å². The maximum Gasteiger partial charge on any atom is 0.260 e. The van der Waals surface area contributed by atoms with Gasteiger partial charge >= 0.3 is 0 Å². The van der Waals surface area contributed by atoms with E-state index in [0.29, 0.717) is 49.0 Å². The maximum absolute atomic E-state index is 12.9. The summed E-state index contributed by atoms with van der Waals surface area (Å²) in [6.07, 6.45) is 0.